The molecule has 0 aliphatic rings. The van der Waals surface area contributed by atoms with Gasteiger partial charge < -0.3 is 10.1 Å². The van der Waals surface area contributed by atoms with Crippen molar-refractivity contribution in [2.45, 2.75) is 25.8 Å². The van der Waals surface area contributed by atoms with E-state index in [-0.39, 0.29) is 12.3 Å². The number of rotatable bonds is 5. The van der Waals surface area contributed by atoms with Gasteiger partial charge in [0.1, 0.15) is 5.75 Å². The number of carbonyl (C=O) groups excluding carboxylic acids is 1. The number of nitrogens with one attached hydrogen (secondary N) is 1. The first-order valence-electron chi connectivity index (χ1n) is 6.87. The molecule has 0 fully saturated rings. The fourth-order valence-electron chi connectivity index (χ4n) is 2.14. The zero-order valence-corrected chi connectivity index (χ0v) is 12.6. The summed E-state index contributed by atoms with van der Waals surface area (Å²) in [5.41, 5.74) is 1.34. The van der Waals surface area contributed by atoms with E-state index in [1.165, 1.54) is 0 Å². The van der Waals surface area contributed by atoms with E-state index in [1.807, 2.05) is 56.3 Å². The molecule has 0 aliphatic carbocycles. The van der Waals surface area contributed by atoms with Crippen LogP contribution >= 0.6 is 0 Å². The molecule has 1 amide bonds. The molecule has 0 aliphatic heterocycles. The van der Waals surface area contributed by atoms with Crippen molar-refractivity contribution in [3.05, 3.63) is 59.9 Å². The minimum atomic E-state index is -0.446. The summed E-state index contributed by atoms with van der Waals surface area (Å²) in [6, 6.07) is 13.3. The number of nitrogens with zero attached hydrogens (tertiary/aromatic N) is 1. The zero-order chi connectivity index (χ0) is 15.3. The molecule has 4 nitrogen and oxygen atoms in total. The molecule has 1 aromatic carbocycles. The fourth-order valence-corrected chi connectivity index (χ4v) is 2.14. The van der Waals surface area contributed by atoms with Gasteiger partial charge in [0.2, 0.25) is 5.91 Å². The number of amides is 1. The van der Waals surface area contributed by atoms with E-state index in [0.717, 1.165) is 17.0 Å². The minimum absolute atomic E-state index is 0.0467. The average Bonchev–Trinajstić information content (AvgIpc) is 2.47. The van der Waals surface area contributed by atoms with Crippen LogP contribution in [-0.2, 0) is 16.8 Å². The first kappa shape index (κ1) is 15.0. The van der Waals surface area contributed by atoms with Crippen LogP contribution < -0.4 is 10.1 Å². The zero-order valence-electron chi connectivity index (χ0n) is 12.6. The molecule has 2 aromatic rings. The van der Waals surface area contributed by atoms with Crippen LogP contribution in [0.3, 0.4) is 0 Å². The molecule has 0 atom stereocenters. The second-order valence-electron chi connectivity index (χ2n) is 5.40. The molecule has 21 heavy (non-hydrogen) atoms. The van der Waals surface area contributed by atoms with Crippen molar-refractivity contribution in [1.82, 2.24) is 10.3 Å². The van der Waals surface area contributed by atoms with Crippen LogP contribution in [0.1, 0.15) is 25.1 Å². The molecule has 110 valence electrons. The lowest BCUT2D eigenvalue weighted by molar-refractivity contribution is -0.122. The van der Waals surface area contributed by atoms with E-state index in [9.17, 15) is 4.79 Å². The number of carbonyl (C=O) groups is 1. The van der Waals surface area contributed by atoms with Gasteiger partial charge in [-0.3, -0.25) is 9.78 Å². The van der Waals surface area contributed by atoms with Gasteiger partial charge in [-0.2, -0.15) is 0 Å². The number of ether oxygens (including phenoxy) is 1. The Morgan fingerprint density at radius 1 is 1.19 bits per heavy atom. The van der Waals surface area contributed by atoms with Gasteiger partial charge in [0, 0.05) is 11.9 Å². The van der Waals surface area contributed by atoms with Gasteiger partial charge in [-0.1, -0.05) is 18.2 Å². The molecule has 2 rings (SSSR count). The van der Waals surface area contributed by atoms with Crippen molar-refractivity contribution in [3.63, 3.8) is 0 Å². The summed E-state index contributed by atoms with van der Waals surface area (Å²) in [6.07, 6.45) is 1.97. The van der Waals surface area contributed by atoms with Crippen molar-refractivity contribution >= 4 is 5.91 Å². The van der Waals surface area contributed by atoms with Gasteiger partial charge in [0.15, 0.2) is 0 Å². The van der Waals surface area contributed by atoms with Crippen molar-refractivity contribution in [1.29, 1.82) is 0 Å². The topological polar surface area (TPSA) is 51.2 Å². The molecular formula is C17H20N2O2. The predicted octanol–water partition coefficient (Wildman–Crippen LogP) is 2.68. The maximum Gasteiger partial charge on any atom is 0.226 e. The number of pyridine rings is 1. The monoisotopic (exact) mass is 284 g/mol. The summed E-state index contributed by atoms with van der Waals surface area (Å²) in [7, 11) is 1.63. The Balaban J connectivity index is 2.03. The summed E-state index contributed by atoms with van der Waals surface area (Å²) >= 11 is 0. The standard InChI is InChI=1S/C17H20N2O2/c1-17(2,13-7-9-15(21-3)10-8-13)19-16(20)12-14-6-4-5-11-18-14/h4-11H,12H2,1-3H3,(H,19,20). The third-order valence-electron chi connectivity index (χ3n) is 3.33. The van der Waals surface area contributed by atoms with Gasteiger partial charge >= 0.3 is 0 Å². The third-order valence-corrected chi connectivity index (χ3v) is 3.33. The highest BCUT2D eigenvalue weighted by Crippen LogP contribution is 2.22. The number of benzene rings is 1. The highest BCUT2D eigenvalue weighted by molar-refractivity contribution is 5.79. The fraction of sp³-hybridized carbons (Fsp3) is 0.294. The quantitative estimate of drug-likeness (QED) is 0.918. The maximum atomic E-state index is 12.1. The Bertz CT molecular complexity index is 592. The van der Waals surface area contributed by atoms with E-state index in [2.05, 4.69) is 10.3 Å². The molecule has 0 unspecified atom stereocenters. The van der Waals surface area contributed by atoms with E-state index in [4.69, 9.17) is 4.74 Å². The summed E-state index contributed by atoms with van der Waals surface area (Å²) in [5, 5.41) is 3.04. The second-order valence-corrected chi connectivity index (χ2v) is 5.40. The van der Waals surface area contributed by atoms with Crippen LogP contribution in [0, 0.1) is 0 Å². The number of hydrogen-bond acceptors (Lipinski definition) is 3. The van der Waals surface area contributed by atoms with Crippen molar-refractivity contribution < 1.29 is 9.53 Å². The highest BCUT2D eigenvalue weighted by atomic mass is 16.5. The molecule has 0 bridgehead atoms. The summed E-state index contributed by atoms with van der Waals surface area (Å²) < 4.78 is 5.15. The lowest BCUT2D eigenvalue weighted by atomic mass is 9.94. The second kappa shape index (κ2) is 6.39. The van der Waals surface area contributed by atoms with Crippen molar-refractivity contribution in [3.8, 4) is 5.75 Å². The van der Waals surface area contributed by atoms with Crippen LogP contribution in [0.5, 0.6) is 5.75 Å². The van der Waals surface area contributed by atoms with E-state index < -0.39 is 5.54 Å². The summed E-state index contributed by atoms with van der Waals surface area (Å²) in [4.78, 5) is 16.3. The Labute approximate surface area is 125 Å². The van der Waals surface area contributed by atoms with E-state index in [0.29, 0.717) is 0 Å². The Morgan fingerprint density at radius 3 is 2.48 bits per heavy atom. The lowest BCUT2D eigenvalue weighted by Gasteiger charge is -2.27. The van der Waals surface area contributed by atoms with Gasteiger partial charge in [-0.05, 0) is 43.7 Å². The van der Waals surface area contributed by atoms with Crippen molar-refractivity contribution in [2.24, 2.45) is 0 Å². The molecule has 0 saturated heterocycles. The van der Waals surface area contributed by atoms with Crippen LogP contribution in [0.25, 0.3) is 0 Å². The lowest BCUT2D eigenvalue weighted by Crippen LogP contribution is -2.41. The Hall–Kier alpha value is -2.36. The average molecular weight is 284 g/mol. The summed E-state index contributed by atoms with van der Waals surface area (Å²) in [5.74, 6) is 0.754. The Kier molecular flexibility index (Phi) is 4.58. The summed E-state index contributed by atoms with van der Waals surface area (Å²) in [6.45, 7) is 3.95. The third kappa shape index (κ3) is 4.05. The van der Waals surface area contributed by atoms with Crippen molar-refractivity contribution in [2.75, 3.05) is 7.11 Å². The smallest absolute Gasteiger partial charge is 0.226 e. The van der Waals surface area contributed by atoms with Crippen LogP contribution in [0.15, 0.2) is 48.7 Å². The van der Waals surface area contributed by atoms with Crippen LogP contribution in [-0.4, -0.2) is 18.0 Å². The highest BCUT2D eigenvalue weighted by Gasteiger charge is 2.22. The minimum Gasteiger partial charge on any atom is -0.497 e. The molecule has 0 saturated carbocycles. The van der Waals surface area contributed by atoms with E-state index >= 15 is 0 Å². The molecule has 0 spiro atoms. The van der Waals surface area contributed by atoms with Gasteiger partial charge in [-0.25, -0.2) is 0 Å². The van der Waals surface area contributed by atoms with Crippen LogP contribution in [0.4, 0.5) is 0 Å². The van der Waals surface area contributed by atoms with E-state index in [1.54, 1.807) is 13.3 Å². The number of hydrogen-bond donors (Lipinski definition) is 1. The number of methoxy groups -OCH3 is 1. The normalized spacial score (nSPS) is 11.0. The molecule has 1 heterocycles. The van der Waals surface area contributed by atoms with Gasteiger partial charge in [0.05, 0.1) is 19.1 Å². The number of aromatic nitrogens is 1. The predicted molar refractivity (Wildman–Crippen MR) is 82.1 cm³/mol. The maximum absolute atomic E-state index is 12.1. The SMILES string of the molecule is COc1ccc(C(C)(C)NC(=O)Cc2ccccn2)cc1. The molecule has 1 N–H and O–H groups in total. The molecule has 0 radical (unpaired) electrons. The molecule has 1 aromatic heterocycles. The molecular weight excluding hydrogens is 264 g/mol. The first-order chi connectivity index (χ1) is 10.0. The van der Waals surface area contributed by atoms with Crippen LogP contribution in [0.2, 0.25) is 0 Å². The Morgan fingerprint density at radius 2 is 1.90 bits per heavy atom. The van der Waals surface area contributed by atoms with Gasteiger partial charge in [-0.15, -0.1) is 0 Å². The largest absolute Gasteiger partial charge is 0.497 e. The molecule has 4 heteroatoms. The first-order valence-corrected chi connectivity index (χ1v) is 6.87. The van der Waals surface area contributed by atoms with Gasteiger partial charge in [0.25, 0.3) is 0 Å².